The van der Waals surface area contributed by atoms with Crippen LogP contribution in [-0.2, 0) is 10.8 Å². The minimum atomic E-state index is -0.127. The summed E-state index contributed by atoms with van der Waals surface area (Å²) in [5.41, 5.74) is 22.7. The zero-order chi connectivity index (χ0) is 43.7. The summed E-state index contributed by atoms with van der Waals surface area (Å²) < 4.78 is 0. The number of hydrogen-bond donors (Lipinski definition) is 0. The van der Waals surface area contributed by atoms with Crippen LogP contribution in [0.3, 0.4) is 0 Å². The molecule has 4 saturated carbocycles. The maximum Gasteiger partial charge on any atom is 0.0540 e. The monoisotopic (exact) mass is 847 g/mol. The molecule has 6 aliphatic rings. The Labute approximate surface area is 389 Å². The predicted molar refractivity (Wildman–Crippen MR) is 276 cm³/mol. The van der Waals surface area contributed by atoms with Crippen LogP contribution in [0, 0.1) is 23.7 Å². The number of para-hydroxylation sites is 1. The van der Waals surface area contributed by atoms with Crippen molar-refractivity contribution in [1.82, 2.24) is 0 Å². The molecule has 66 heavy (non-hydrogen) atoms. The van der Waals surface area contributed by atoms with E-state index < -0.39 is 0 Å². The van der Waals surface area contributed by atoms with Gasteiger partial charge in [-0.2, -0.15) is 0 Å². The third-order valence-electron chi connectivity index (χ3n) is 17.2. The normalized spacial score (nSPS) is 22.3. The molecule has 15 rings (SSSR count). The van der Waals surface area contributed by atoms with Gasteiger partial charge in [-0.3, -0.25) is 0 Å². The van der Waals surface area contributed by atoms with Gasteiger partial charge in [-0.05, 0) is 169 Å². The Morgan fingerprint density at radius 1 is 0.379 bits per heavy atom. The molecule has 0 aliphatic heterocycles. The summed E-state index contributed by atoms with van der Waals surface area (Å²) in [5, 5.41) is 2.53. The Kier molecular flexibility index (Phi) is 8.29. The van der Waals surface area contributed by atoms with Gasteiger partial charge >= 0.3 is 0 Å². The van der Waals surface area contributed by atoms with Crippen molar-refractivity contribution in [3.63, 3.8) is 0 Å². The van der Waals surface area contributed by atoms with Crippen LogP contribution >= 0.6 is 0 Å². The van der Waals surface area contributed by atoms with Crippen LogP contribution in [0.1, 0.15) is 68.2 Å². The van der Waals surface area contributed by atoms with Crippen LogP contribution in [0.5, 0.6) is 0 Å². The lowest BCUT2D eigenvalue weighted by Gasteiger charge is -2.61. The summed E-state index contributed by atoms with van der Waals surface area (Å²) >= 11 is 0. The average molecular weight is 848 g/mol. The molecule has 0 amide bonds. The van der Waals surface area contributed by atoms with E-state index in [0.717, 1.165) is 11.8 Å². The van der Waals surface area contributed by atoms with Gasteiger partial charge in [0.05, 0.1) is 5.69 Å². The molecule has 0 radical (unpaired) electrons. The van der Waals surface area contributed by atoms with Gasteiger partial charge in [-0.25, -0.2) is 0 Å². The predicted octanol–water partition coefficient (Wildman–Crippen LogP) is 17.3. The van der Waals surface area contributed by atoms with Gasteiger partial charge in [0.15, 0.2) is 0 Å². The van der Waals surface area contributed by atoms with E-state index in [-0.39, 0.29) is 10.8 Å². The van der Waals surface area contributed by atoms with Crippen molar-refractivity contribution in [3.05, 3.63) is 222 Å². The van der Waals surface area contributed by atoms with Crippen LogP contribution in [0.2, 0.25) is 0 Å². The second kappa shape index (κ2) is 14.3. The molecule has 0 aromatic heterocycles. The van der Waals surface area contributed by atoms with Gasteiger partial charge in [0, 0.05) is 27.8 Å². The Morgan fingerprint density at radius 3 is 1.70 bits per heavy atom. The molecule has 9 aromatic rings. The molecule has 1 nitrogen and oxygen atoms in total. The van der Waals surface area contributed by atoms with Crippen LogP contribution in [0.4, 0.5) is 17.1 Å². The molecule has 0 saturated heterocycles. The van der Waals surface area contributed by atoms with E-state index in [4.69, 9.17) is 0 Å². The molecule has 0 N–H and O–H groups in total. The largest absolute Gasteiger partial charge is 0.310 e. The van der Waals surface area contributed by atoms with Crippen molar-refractivity contribution >= 4 is 27.8 Å². The highest BCUT2D eigenvalue weighted by atomic mass is 15.1. The molecule has 6 aliphatic carbocycles. The van der Waals surface area contributed by atoms with E-state index in [1.165, 1.54) is 127 Å². The summed E-state index contributed by atoms with van der Waals surface area (Å²) in [5.74, 6) is 3.16. The maximum atomic E-state index is 2.67. The molecular formula is C65H53N. The highest BCUT2D eigenvalue weighted by Crippen LogP contribution is 2.70. The maximum absolute atomic E-state index is 2.67. The fourth-order valence-electron chi connectivity index (χ4n) is 14.9. The first-order chi connectivity index (χ1) is 32.5. The molecule has 1 spiro atoms. The van der Waals surface area contributed by atoms with E-state index in [9.17, 15) is 0 Å². The Balaban J connectivity index is 1.01. The van der Waals surface area contributed by atoms with Crippen molar-refractivity contribution in [2.75, 3.05) is 4.90 Å². The Hall–Kier alpha value is -6.96. The molecule has 318 valence electrons. The van der Waals surface area contributed by atoms with Crippen molar-refractivity contribution in [1.29, 1.82) is 0 Å². The summed E-state index contributed by atoms with van der Waals surface area (Å²) in [6.07, 6.45) is 6.92. The minimum absolute atomic E-state index is 0.0633. The molecule has 0 unspecified atom stereocenters. The fourth-order valence-corrected chi connectivity index (χ4v) is 14.9. The number of benzene rings is 9. The number of hydrogen-bond acceptors (Lipinski definition) is 1. The lowest BCUT2D eigenvalue weighted by Crippen LogP contribution is -2.55. The van der Waals surface area contributed by atoms with Crippen molar-refractivity contribution in [2.24, 2.45) is 23.7 Å². The van der Waals surface area contributed by atoms with E-state index in [1.807, 2.05) is 0 Å². The minimum Gasteiger partial charge on any atom is -0.310 e. The summed E-state index contributed by atoms with van der Waals surface area (Å²) in [6.45, 7) is 4.81. The summed E-state index contributed by atoms with van der Waals surface area (Å²) in [6, 6.07) is 76.3. The standard InChI is InChI=1S/C65H53N/c1-64(2)58-29-9-6-23-53(58)57-28-15-26-51(63(57)64)45-20-12-21-48(39-45)66(61-31-11-8-24-55(61)56-27-14-19-44-18-13-25-50(62(44)56)43-16-4-3-5-17-43)49-32-33-54-52-22-7-10-30-59(52)65(60(54)40-49)46-35-41-34-42(37-46)38-47(65)36-41/h3-33,39-42,46-47H,34-38H2,1-2H3. The topological polar surface area (TPSA) is 3.24 Å². The quantitative estimate of drug-likeness (QED) is 0.161. The number of anilines is 3. The van der Waals surface area contributed by atoms with Crippen LogP contribution < -0.4 is 4.90 Å². The van der Waals surface area contributed by atoms with E-state index in [1.54, 1.807) is 11.1 Å². The number of rotatable bonds is 6. The van der Waals surface area contributed by atoms with E-state index in [2.05, 4.69) is 219 Å². The lowest BCUT2D eigenvalue weighted by molar-refractivity contribution is -0.0399. The SMILES string of the molecule is CC1(C)c2ccccc2-c2cccc(-c3cccc(N(c4ccc5c(c4)C4(c6ccccc6-5)C5CC6CC(C5)CC4C6)c4ccccc4-c4cccc5cccc(-c6ccccc6)c45)c3)c21. The molecule has 1 heteroatoms. The molecule has 4 bridgehead atoms. The summed E-state index contributed by atoms with van der Waals surface area (Å²) in [7, 11) is 0. The molecule has 4 fully saturated rings. The smallest absolute Gasteiger partial charge is 0.0540 e. The highest BCUT2D eigenvalue weighted by molar-refractivity contribution is 6.09. The second-order valence-corrected chi connectivity index (χ2v) is 20.8. The first kappa shape index (κ1) is 38.3. The third kappa shape index (κ3) is 5.35. The van der Waals surface area contributed by atoms with Gasteiger partial charge in [0.2, 0.25) is 0 Å². The zero-order valence-corrected chi connectivity index (χ0v) is 37.8. The molecule has 0 atom stereocenters. The molecule has 0 heterocycles. The highest BCUT2D eigenvalue weighted by Gasteiger charge is 2.61. The van der Waals surface area contributed by atoms with Crippen LogP contribution in [0.25, 0.3) is 66.4 Å². The van der Waals surface area contributed by atoms with Gasteiger partial charge in [0.25, 0.3) is 0 Å². The van der Waals surface area contributed by atoms with Crippen LogP contribution in [-0.4, -0.2) is 0 Å². The van der Waals surface area contributed by atoms with Crippen molar-refractivity contribution in [3.8, 4) is 55.6 Å². The van der Waals surface area contributed by atoms with Gasteiger partial charge in [-0.15, -0.1) is 0 Å². The number of fused-ring (bicyclic) bond motifs is 7. The average Bonchev–Trinajstić information content (AvgIpc) is 3.78. The van der Waals surface area contributed by atoms with Crippen molar-refractivity contribution < 1.29 is 0 Å². The zero-order valence-electron chi connectivity index (χ0n) is 37.8. The molecular weight excluding hydrogens is 795 g/mol. The van der Waals surface area contributed by atoms with Crippen LogP contribution in [0.15, 0.2) is 200 Å². The Bertz CT molecular complexity index is 3390. The molecule has 9 aromatic carbocycles. The first-order valence-corrected chi connectivity index (χ1v) is 24.5. The third-order valence-corrected chi connectivity index (χ3v) is 17.2. The van der Waals surface area contributed by atoms with Gasteiger partial charge < -0.3 is 4.90 Å². The summed E-state index contributed by atoms with van der Waals surface area (Å²) in [4.78, 5) is 2.61. The van der Waals surface area contributed by atoms with Gasteiger partial charge in [-0.1, -0.05) is 184 Å². The second-order valence-electron chi connectivity index (χ2n) is 20.8. The lowest BCUT2D eigenvalue weighted by atomic mass is 9.43. The number of nitrogens with zero attached hydrogens (tertiary/aromatic N) is 1. The van der Waals surface area contributed by atoms with E-state index >= 15 is 0 Å². The van der Waals surface area contributed by atoms with Crippen molar-refractivity contribution in [2.45, 2.75) is 56.8 Å². The fraction of sp³-hybridized carbons (Fsp3) is 0.200. The first-order valence-electron chi connectivity index (χ1n) is 24.5. The van der Waals surface area contributed by atoms with E-state index in [0.29, 0.717) is 11.8 Å². The van der Waals surface area contributed by atoms with Gasteiger partial charge in [0.1, 0.15) is 0 Å². The Morgan fingerprint density at radius 2 is 0.924 bits per heavy atom.